The fraction of sp³-hybridized carbons (Fsp3) is 0.875. The van der Waals surface area contributed by atoms with Crippen molar-refractivity contribution in [2.75, 3.05) is 19.8 Å². The number of nitrogens with zero attached hydrogens (tertiary/aromatic N) is 1. The summed E-state index contributed by atoms with van der Waals surface area (Å²) in [7, 11) is 0. The molecule has 14 heavy (non-hydrogen) atoms. The number of alkyl halides is 3. The molecule has 1 aliphatic heterocycles. The average Bonchev–Trinajstić information content (AvgIpc) is 2.55. The smallest absolute Gasteiger partial charge is 0.379 e. The second-order valence-electron chi connectivity index (χ2n) is 3.04. The Labute approximate surface area is 79.4 Å². The van der Waals surface area contributed by atoms with Crippen molar-refractivity contribution >= 4 is 0 Å². The normalized spacial score (nSPS) is 24.6. The molecular weight excluding hydrogens is 199 g/mol. The summed E-state index contributed by atoms with van der Waals surface area (Å²) in [6.45, 7) is 0.220. The van der Waals surface area contributed by atoms with Crippen LogP contribution in [0.4, 0.5) is 13.2 Å². The summed E-state index contributed by atoms with van der Waals surface area (Å²) >= 11 is 0. The molecule has 3 nitrogen and oxygen atoms in total. The van der Waals surface area contributed by atoms with Crippen LogP contribution in [0, 0.1) is 17.2 Å². The molecule has 0 N–H and O–H groups in total. The topological polar surface area (TPSA) is 42.2 Å². The van der Waals surface area contributed by atoms with Gasteiger partial charge in [-0.05, 0) is 6.42 Å². The Morgan fingerprint density at radius 1 is 1.57 bits per heavy atom. The second-order valence-corrected chi connectivity index (χ2v) is 3.04. The summed E-state index contributed by atoms with van der Waals surface area (Å²) in [5, 5.41) is 8.25. The van der Waals surface area contributed by atoms with Crippen molar-refractivity contribution in [2.45, 2.75) is 18.7 Å². The van der Waals surface area contributed by atoms with Crippen LogP contribution in [-0.4, -0.2) is 32.1 Å². The van der Waals surface area contributed by atoms with Gasteiger partial charge in [-0.3, -0.25) is 0 Å². The van der Waals surface area contributed by atoms with Crippen LogP contribution in [0.2, 0.25) is 0 Å². The van der Waals surface area contributed by atoms with Gasteiger partial charge in [-0.2, -0.15) is 18.4 Å². The molecule has 0 amide bonds. The van der Waals surface area contributed by atoms with Gasteiger partial charge >= 0.3 is 6.18 Å². The van der Waals surface area contributed by atoms with E-state index in [9.17, 15) is 13.2 Å². The highest BCUT2D eigenvalue weighted by Gasteiger charge is 2.40. The number of nitriles is 1. The molecule has 80 valence electrons. The minimum Gasteiger partial charge on any atom is -0.379 e. The van der Waals surface area contributed by atoms with Crippen molar-refractivity contribution in [1.82, 2.24) is 0 Å². The first kappa shape index (κ1) is 11.3. The number of rotatable bonds is 3. The summed E-state index contributed by atoms with van der Waals surface area (Å²) in [4.78, 5) is 0. The highest BCUT2D eigenvalue weighted by atomic mass is 19.4. The lowest BCUT2D eigenvalue weighted by Gasteiger charge is -2.15. The molecule has 1 rings (SSSR count). The molecule has 6 heteroatoms. The SMILES string of the molecule is N#CC(COC1CCOC1)C(F)(F)F. The van der Waals surface area contributed by atoms with Crippen molar-refractivity contribution in [3.8, 4) is 6.07 Å². The molecule has 1 heterocycles. The molecule has 0 aromatic rings. The Hall–Kier alpha value is -0.800. The van der Waals surface area contributed by atoms with Gasteiger partial charge in [-0.25, -0.2) is 0 Å². The van der Waals surface area contributed by atoms with Crippen LogP contribution in [0.1, 0.15) is 6.42 Å². The zero-order chi connectivity index (χ0) is 10.6. The molecule has 2 atom stereocenters. The third kappa shape index (κ3) is 3.16. The molecule has 0 aromatic heterocycles. The monoisotopic (exact) mass is 209 g/mol. The maximum Gasteiger partial charge on any atom is 0.406 e. The van der Waals surface area contributed by atoms with Gasteiger partial charge in [0.1, 0.15) is 0 Å². The summed E-state index contributed by atoms with van der Waals surface area (Å²) in [6, 6.07) is 1.18. The van der Waals surface area contributed by atoms with E-state index in [4.69, 9.17) is 14.7 Å². The molecule has 0 spiro atoms. The van der Waals surface area contributed by atoms with Gasteiger partial charge in [0.05, 0.1) is 25.4 Å². The first-order valence-corrected chi connectivity index (χ1v) is 4.19. The van der Waals surface area contributed by atoms with E-state index < -0.39 is 18.7 Å². The highest BCUT2D eigenvalue weighted by Crippen LogP contribution is 2.26. The lowest BCUT2D eigenvalue weighted by Crippen LogP contribution is -2.28. The van der Waals surface area contributed by atoms with E-state index in [1.54, 1.807) is 0 Å². The van der Waals surface area contributed by atoms with Gasteiger partial charge in [0.25, 0.3) is 0 Å². The van der Waals surface area contributed by atoms with Crippen molar-refractivity contribution in [3.63, 3.8) is 0 Å². The number of hydrogen-bond donors (Lipinski definition) is 0. The lowest BCUT2D eigenvalue weighted by molar-refractivity contribution is -0.175. The Morgan fingerprint density at radius 2 is 2.29 bits per heavy atom. The van der Waals surface area contributed by atoms with E-state index in [-0.39, 0.29) is 6.10 Å². The van der Waals surface area contributed by atoms with Gasteiger partial charge in [-0.15, -0.1) is 0 Å². The van der Waals surface area contributed by atoms with Crippen LogP contribution in [0.25, 0.3) is 0 Å². The van der Waals surface area contributed by atoms with Gasteiger partial charge in [0.15, 0.2) is 5.92 Å². The third-order valence-corrected chi connectivity index (χ3v) is 1.94. The number of hydrogen-bond acceptors (Lipinski definition) is 3. The van der Waals surface area contributed by atoms with Crippen LogP contribution < -0.4 is 0 Å². The predicted molar refractivity (Wildman–Crippen MR) is 40.3 cm³/mol. The second kappa shape index (κ2) is 4.62. The van der Waals surface area contributed by atoms with Crippen molar-refractivity contribution in [2.24, 2.45) is 5.92 Å². The van der Waals surface area contributed by atoms with E-state index in [0.29, 0.717) is 19.6 Å². The minimum absolute atomic E-state index is 0.298. The molecule has 1 fully saturated rings. The molecule has 1 aliphatic rings. The molecule has 0 aliphatic carbocycles. The highest BCUT2D eigenvalue weighted by molar-refractivity contribution is 4.88. The predicted octanol–water partition coefficient (Wildman–Crippen LogP) is 1.49. The Bertz CT molecular complexity index is 218. The molecule has 2 unspecified atom stereocenters. The zero-order valence-electron chi connectivity index (χ0n) is 7.38. The largest absolute Gasteiger partial charge is 0.406 e. The molecule has 0 radical (unpaired) electrons. The Balaban J connectivity index is 2.31. The van der Waals surface area contributed by atoms with E-state index in [0.717, 1.165) is 0 Å². The van der Waals surface area contributed by atoms with Crippen LogP contribution in [0.15, 0.2) is 0 Å². The number of ether oxygens (including phenoxy) is 2. The average molecular weight is 209 g/mol. The Kier molecular flexibility index (Phi) is 3.72. The molecule has 0 aromatic carbocycles. The third-order valence-electron chi connectivity index (χ3n) is 1.94. The first-order chi connectivity index (χ1) is 6.54. The summed E-state index contributed by atoms with van der Waals surface area (Å²) in [5.74, 6) is -2.04. The van der Waals surface area contributed by atoms with Crippen molar-refractivity contribution < 1.29 is 22.6 Å². The van der Waals surface area contributed by atoms with Crippen molar-refractivity contribution in [3.05, 3.63) is 0 Å². The van der Waals surface area contributed by atoms with Gasteiger partial charge < -0.3 is 9.47 Å². The van der Waals surface area contributed by atoms with Gasteiger partial charge in [0, 0.05) is 6.61 Å². The summed E-state index contributed by atoms with van der Waals surface area (Å²) < 4.78 is 46.0. The minimum atomic E-state index is -4.51. The van der Waals surface area contributed by atoms with E-state index in [1.807, 2.05) is 0 Å². The zero-order valence-corrected chi connectivity index (χ0v) is 7.38. The quantitative estimate of drug-likeness (QED) is 0.707. The van der Waals surface area contributed by atoms with Crippen molar-refractivity contribution in [1.29, 1.82) is 5.26 Å². The molecule has 0 bridgehead atoms. The summed E-state index contributed by atoms with van der Waals surface area (Å²) in [6.07, 6.45) is -4.21. The number of halogens is 3. The lowest BCUT2D eigenvalue weighted by atomic mass is 10.2. The van der Waals surface area contributed by atoms with Crippen LogP contribution >= 0.6 is 0 Å². The molecular formula is C8H10F3NO2. The van der Waals surface area contributed by atoms with E-state index in [2.05, 4.69) is 0 Å². The van der Waals surface area contributed by atoms with Crippen LogP contribution in [0.3, 0.4) is 0 Å². The summed E-state index contributed by atoms with van der Waals surface area (Å²) in [5.41, 5.74) is 0. The van der Waals surface area contributed by atoms with Crippen LogP contribution in [0.5, 0.6) is 0 Å². The van der Waals surface area contributed by atoms with Crippen LogP contribution in [-0.2, 0) is 9.47 Å². The van der Waals surface area contributed by atoms with Gasteiger partial charge in [0.2, 0.25) is 0 Å². The maximum atomic E-state index is 12.1. The molecule has 0 saturated carbocycles. The van der Waals surface area contributed by atoms with E-state index in [1.165, 1.54) is 6.07 Å². The Morgan fingerprint density at radius 3 is 2.71 bits per heavy atom. The fourth-order valence-corrected chi connectivity index (χ4v) is 1.08. The van der Waals surface area contributed by atoms with E-state index >= 15 is 0 Å². The standard InChI is InChI=1S/C8H10F3NO2/c9-8(10,11)6(3-12)4-14-7-1-2-13-5-7/h6-7H,1-2,4-5H2. The first-order valence-electron chi connectivity index (χ1n) is 4.19. The fourth-order valence-electron chi connectivity index (χ4n) is 1.08. The van der Waals surface area contributed by atoms with Gasteiger partial charge in [-0.1, -0.05) is 0 Å². The molecule has 1 saturated heterocycles. The maximum absolute atomic E-state index is 12.1.